The molecule has 3 rings (SSSR count). The molecule has 0 saturated heterocycles. The van der Waals surface area contributed by atoms with Crippen molar-refractivity contribution in [2.45, 2.75) is 32.2 Å². The second-order valence-electron chi connectivity index (χ2n) is 5.41. The van der Waals surface area contributed by atoms with Crippen molar-refractivity contribution in [1.29, 1.82) is 0 Å². The van der Waals surface area contributed by atoms with Crippen molar-refractivity contribution < 1.29 is 0 Å². The van der Waals surface area contributed by atoms with Gasteiger partial charge in [-0.05, 0) is 55.0 Å². The fourth-order valence-electron chi connectivity index (χ4n) is 2.75. The third-order valence-electron chi connectivity index (χ3n) is 3.88. The quantitative estimate of drug-likeness (QED) is 0.929. The number of hydrogen-bond donors (Lipinski definition) is 1. The number of aromatic nitrogens is 2. The minimum absolute atomic E-state index is 0.522. The van der Waals surface area contributed by atoms with Crippen LogP contribution in [-0.2, 0) is 19.4 Å². The van der Waals surface area contributed by atoms with Gasteiger partial charge in [0.15, 0.2) is 0 Å². The van der Waals surface area contributed by atoms with Gasteiger partial charge in [0.05, 0.1) is 6.54 Å². The van der Waals surface area contributed by atoms with Crippen LogP contribution in [0, 0.1) is 0 Å². The van der Waals surface area contributed by atoms with E-state index in [-0.39, 0.29) is 0 Å². The Bertz CT molecular complexity index is 609. The smallest absolute Gasteiger partial charge is 0.149 e. The van der Waals surface area contributed by atoms with Crippen molar-refractivity contribution in [3.05, 3.63) is 47.4 Å². The Morgan fingerprint density at radius 1 is 1.15 bits per heavy atom. The normalized spacial score (nSPS) is 13.8. The topological polar surface area (TPSA) is 55.0 Å². The first-order valence-electron chi connectivity index (χ1n) is 7.13. The lowest BCUT2D eigenvalue weighted by Gasteiger charge is -2.22. The van der Waals surface area contributed by atoms with Gasteiger partial charge in [0.2, 0.25) is 0 Å². The van der Waals surface area contributed by atoms with E-state index in [4.69, 9.17) is 5.73 Å². The standard InChI is InChI=1S/C16H20N4/c1-20(11-16-18-9-8-15(17)19-16)14-7-6-12-4-2-3-5-13(12)10-14/h6-10H,2-5,11H2,1H3,(H2,17,18,19). The van der Waals surface area contributed by atoms with Gasteiger partial charge in [-0.3, -0.25) is 0 Å². The zero-order valence-electron chi connectivity index (χ0n) is 11.8. The molecule has 2 aromatic rings. The third kappa shape index (κ3) is 2.74. The minimum Gasteiger partial charge on any atom is -0.384 e. The molecule has 0 atom stereocenters. The van der Waals surface area contributed by atoms with Crippen LogP contribution in [0.3, 0.4) is 0 Å². The predicted molar refractivity (Wildman–Crippen MR) is 81.6 cm³/mol. The molecule has 0 bridgehead atoms. The number of benzene rings is 1. The summed E-state index contributed by atoms with van der Waals surface area (Å²) in [5, 5.41) is 0. The SMILES string of the molecule is CN(Cc1nccc(N)n1)c1ccc2c(c1)CCCC2. The average Bonchev–Trinajstić information content (AvgIpc) is 2.47. The number of hydrogen-bond acceptors (Lipinski definition) is 4. The fourth-order valence-corrected chi connectivity index (χ4v) is 2.75. The first-order valence-corrected chi connectivity index (χ1v) is 7.13. The van der Waals surface area contributed by atoms with Gasteiger partial charge >= 0.3 is 0 Å². The van der Waals surface area contributed by atoms with Gasteiger partial charge in [0.1, 0.15) is 11.6 Å². The van der Waals surface area contributed by atoms with Crippen molar-refractivity contribution in [3.8, 4) is 0 Å². The molecule has 1 heterocycles. The number of aryl methyl sites for hydroxylation is 2. The second-order valence-corrected chi connectivity index (χ2v) is 5.41. The monoisotopic (exact) mass is 268 g/mol. The van der Waals surface area contributed by atoms with Crippen molar-refractivity contribution in [2.24, 2.45) is 0 Å². The first kappa shape index (κ1) is 12.9. The summed E-state index contributed by atoms with van der Waals surface area (Å²) in [4.78, 5) is 10.7. The van der Waals surface area contributed by atoms with Crippen LogP contribution >= 0.6 is 0 Å². The molecular weight excluding hydrogens is 248 g/mol. The number of anilines is 2. The van der Waals surface area contributed by atoms with Crippen molar-refractivity contribution in [1.82, 2.24) is 9.97 Å². The van der Waals surface area contributed by atoms with Crippen molar-refractivity contribution in [2.75, 3.05) is 17.7 Å². The highest BCUT2D eigenvalue weighted by Gasteiger charge is 2.11. The molecule has 0 saturated carbocycles. The Morgan fingerprint density at radius 3 is 2.75 bits per heavy atom. The molecule has 4 heteroatoms. The van der Waals surface area contributed by atoms with Gasteiger partial charge in [0, 0.05) is 18.9 Å². The summed E-state index contributed by atoms with van der Waals surface area (Å²) in [5.74, 6) is 1.28. The molecule has 0 unspecified atom stereocenters. The summed E-state index contributed by atoms with van der Waals surface area (Å²) in [6.07, 6.45) is 6.75. The van der Waals surface area contributed by atoms with Crippen molar-refractivity contribution >= 4 is 11.5 Å². The van der Waals surface area contributed by atoms with Gasteiger partial charge in [0.25, 0.3) is 0 Å². The molecule has 2 N–H and O–H groups in total. The predicted octanol–water partition coefficient (Wildman–Crippen LogP) is 2.57. The largest absolute Gasteiger partial charge is 0.384 e. The van der Waals surface area contributed by atoms with E-state index in [0.717, 1.165) is 5.82 Å². The molecule has 0 fully saturated rings. The molecule has 0 amide bonds. The van der Waals surface area contributed by atoms with Gasteiger partial charge in [-0.15, -0.1) is 0 Å². The second kappa shape index (κ2) is 5.49. The molecular formula is C16H20N4. The number of fused-ring (bicyclic) bond motifs is 1. The van der Waals surface area contributed by atoms with Gasteiger partial charge < -0.3 is 10.6 Å². The minimum atomic E-state index is 0.522. The first-order chi connectivity index (χ1) is 9.72. The van der Waals surface area contributed by atoms with E-state index in [0.29, 0.717) is 12.4 Å². The molecule has 1 aromatic carbocycles. The zero-order valence-corrected chi connectivity index (χ0v) is 11.8. The fraction of sp³-hybridized carbons (Fsp3) is 0.375. The Balaban J connectivity index is 1.78. The summed E-state index contributed by atoms with van der Waals surface area (Å²) in [6, 6.07) is 8.47. The van der Waals surface area contributed by atoms with Crippen LogP contribution in [0.5, 0.6) is 0 Å². The van der Waals surface area contributed by atoms with Crippen LogP contribution in [0.25, 0.3) is 0 Å². The van der Waals surface area contributed by atoms with Gasteiger partial charge in [-0.1, -0.05) is 6.07 Å². The van der Waals surface area contributed by atoms with E-state index in [9.17, 15) is 0 Å². The molecule has 20 heavy (non-hydrogen) atoms. The third-order valence-corrected chi connectivity index (χ3v) is 3.88. The number of nitrogens with zero attached hydrogens (tertiary/aromatic N) is 3. The summed E-state index contributed by atoms with van der Waals surface area (Å²) in [7, 11) is 2.07. The van der Waals surface area contributed by atoms with Crippen LogP contribution in [-0.4, -0.2) is 17.0 Å². The zero-order chi connectivity index (χ0) is 13.9. The summed E-state index contributed by atoms with van der Waals surface area (Å²) in [5.41, 5.74) is 9.92. The highest BCUT2D eigenvalue weighted by atomic mass is 15.1. The summed E-state index contributed by atoms with van der Waals surface area (Å²) in [6.45, 7) is 0.670. The highest BCUT2D eigenvalue weighted by Crippen LogP contribution is 2.26. The van der Waals surface area contributed by atoms with E-state index < -0.39 is 0 Å². The maximum Gasteiger partial charge on any atom is 0.149 e. The maximum absolute atomic E-state index is 5.69. The highest BCUT2D eigenvalue weighted by molar-refractivity contribution is 5.51. The van der Waals surface area contributed by atoms with E-state index in [1.165, 1.54) is 42.5 Å². The Labute approximate surface area is 119 Å². The molecule has 1 aromatic heterocycles. The lowest BCUT2D eigenvalue weighted by atomic mass is 9.91. The van der Waals surface area contributed by atoms with Gasteiger partial charge in [-0.2, -0.15) is 0 Å². The van der Waals surface area contributed by atoms with Crippen LogP contribution in [0.1, 0.15) is 29.8 Å². The van der Waals surface area contributed by atoms with E-state index in [2.05, 4.69) is 40.1 Å². The Hall–Kier alpha value is -2.10. The van der Waals surface area contributed by atoms with Crippen LogP contribution in [0.15, 0.2) is 30.5 Å². The van der Waals surface area contributed by atoms with Crippen LogP contribution in [0.2, 0.25) is 0 Å². The molecule has 104 valence electrons. The number of rotatable bonds is 3. The molecule has 0 spiro atoms. The van der Waals surface area contributed by atoms with Crippen molar-refractivity contribution in [3.63, 3.8) is 0 Å². The van der Waals surface area contributed by atoms with Gasteiger partial charge in [-0.25, -0.2) is 9.97 Å². The molecule has 0 aliphatic heterocycles. The maximum atomic E-state index is 5.69. The van der Waals surface area contributed by atoms with E-state index >= 15 is 0 Å². The molecule has 4 nitrogen and oxygen atoms in total. The number of nitrogens with two attached hydrogens (primary N) is 1. The molecule has 1 aliphatic rings. The summed E-state index contributed by atoms with van der Waals surface area (Å²) < 4.78 is 0. The Morgan fingerprint density at radius 2 is 1.95 bits per heavy atom. The van der Waals surface area contributed by atoms with E-state index in [1.807, 2.05) is 0 Å². The lowest BCUT2D eigenvalue weighted by molar-refractivity contribution is 0.685. The summed E-state index contributed by atoms with van der Waals surface area (Å²) >= 11 is 0. The lowest BCUT2D eigenvalue weighted by Crippen LogP contribution is -2.19. The van der Waals surface area contributed by atoms with E-state index in [1.54, 1.807) is 12.3 Å². The number of nitrogen functional groups attached to an aromatic ring is 1. The average molecular weight is 268 g/mol. The molecule has 1 aliphatic carbocycles. The van der Waals surface area contributed by atoms with Crippen LogP contribution < -0.4 is 10.6 Å². The molecule has 0 radical (unpaired) electrons. The van der Waals surface area contributed by atoms with Crippen LogP contribution in [0.4, 0.5) is 11.5 Å². The Kier molecular flexibility index (Phi) is 3.54.